The Morgan fingerprint density at radius 3 is 2.91 bits per heavy atom. The van der Waals surface area contributed by atoms with Crippen molar-refractivity contribution in [2.45, 2.75) is 39.2 Å². The second-order valence-electron chi connectivity index (χ2n) is 6.52. The molecule has 6 nitrogen and oxygen atoms in total. The molecule has 2 amide bonds. The summed E-state index contributed by atoms with van der Waals surface area (Å²) in [6.07, 6.45) is 1.53. The van der Waals surface area contributed by atoms with Crippen molar-refractivity contribution in [1.29, 1.82) is 0 Å². The van der Waals surface area contributed by atoms with Gasteiger partial charge >= 0.3 is 6.09 Å². The van der Waals surface area contributed by atoms with Crippen LogP contribution in [0, 0.1) is 5.92 Å². The Kier molecular flexibility index (Phi) is 5.39. The van der Waals surface area contributed by atoms with Crippen LogP contribution in [0.1, 0.15) is 44.1 Å². The number of piperidine rings is 1. The Balaban J connectivity index is 1.81. The number of likely N-dealkylation sites (tertiary alicyclic amines) is 1. The fourth-order valence-corrected chi connectivity index (χ4v) is 2.96. The standard InChI is InChI=1S/C15H23N3O3S/c1-15(2,3)21-14(20)16-7-11-5-4-6-18(8-11)13(19)12-9-22-10-17-12/h9-11H,4-8H2,1-3H3,(H,16,20). The molecule has 1 unspecified atom stereocenters. The van der Waals surface area contributed by atoms with Crippen molar-refractivity contribution in [1.82, 2.24) is 15.2 Å². The quantitative estimate of drug-likeness (QED) is 0.927. The summed E-state index contributed by atoms with van der Waals surface area (Å²) >= 11 is 1.42. The van der Waals surface area contributed by atoms with Gasteiger partial charge in [0.1, 0.15) is 11.3 Å². The number of hydrogen-bond acceptors (Lipinski definition) is 5. The number of carbonyl (C=O) groups excluding carboxylic acids is 2. The molecule has 1 aromatic rings. The van der Waals surface area contributed by atoms with E-state index in [1.807, 2.05) is 25.7 Å². The van der Waals surface area contributed by atoms with Crippen LogP contribution in [0.15, 0.2) is 10.9 Å². The molecular formula is C15H23N3O3S. The normalized spacial score (nSPS) is 18.9. The van der Waals surface area contributed by atoms with Gasteiger partial charge < -0.3 is 15.0 Å². The van der Waals surface area contributed by atoms with E-state index in [9.17, 15) is 9.59 Å². The van der Waals surface area contributed by atoms with E-state index in [0.29, 0.717) is 18.8 Å². The predicted molar refractivity (Wildman–Crippen MR) is 85.0 cm³/mol. The summed E-state index contributed by atoms with van der Waals surface area (Å²) in [5, 5.41) is 4.56. The molecule has 7 heteroatoms. The summed E-state index contributed by atoms with van der Waals surface area (Å²) in [7, 11) is 0. The zero-order valence-corrected chi connectivity index (χ0v) is 14.1. The van der Waals surface area contributed by atoms with Gasteiger partial charge in [0, 0.05) is 25.0 Å². The number of nitrogens with zero attached hydrogens (tertiary/aromatic N) is 2. The minimum absolute atomic E-state index is 0.0248. The topological polar surface area (TPSA) is 71.5 Å². The first kappa shape index (κ1) is 16.7. The van der Waals surface area contributed by atoms with E-state index in [1.54, 1.807) is 10.9 Å². The third kappa shape index (κ3) is 4.98. The number of hydrogen-bond donors (Lipinski definition) is 1. The molecule has 0 aliphatic carbocycles. The van der Waals surface area contributed by atoms with Gasteiger partial charge in [-0.05, 0) is 39.5 Å². The zero-order valence-electron chi connectivity index (χ0n) is 13.3. The number of nitrogens with one attached hydrogen (secondary N) is 1. The lowest BCUT2D eigenvalue weighted by Gasteiger charge is -2.32. The second-order valence-corrected chi connectivity index (χ2v) is 7.23. The maximum Gasteiger partial charge on any atom is 0.407 e. The monoisotopic (exact) mass is 325 g/mol. The maximum atomic E-state index is 12.3. The van der Waals surface area contributed by atoms with Gasteiger partial charge in [0.05, 0.1) is 5.51 Å². The molecule has 122 valence electrons. The third-order valence-corrected chi connectivity index (χ3v) is 3.98. The molecule has 1 aliphatic heterocycles. The Morgan fingerprint density at radius 2 is 2.27 bits per heavy atom. The molecule has 0 spiro atoms. The molecule has 1 aromatic heterocycles. The predicted octanol–water partition coefficient (Wildman–Crippen LogP) is 2.52. The molecule has 0 radical (unpaired) electrons. The van der Waals surface area contributed by atoms with E-state index < -0.39 is 11.7 Å². The number of alkyl carbamates (subject to hydrolysis) is 1. The highest BCUT2D eigenvalue weighted by atomic mass is 32.1. The van der Waals surface area contributed by atoms with Crippen molar-refractivity contribution >= 4 is 23.3 Å². The van der Waals surface area contributed by atoms with E-state index in [0.717, 1.165) is 19.4 Å². The number of rotatable bonds is 3. The van der Waals surface area contributed by atoms with Crippen molar-refractivity contribution in [2.75, 3.05) is 19.6 Å². The lowest BCUT2D eigenvalue weighted by molar-refractivity contribution is 0.0502. The Labute approximate surface area is 134 Å². The first-order chi connectivity index (χ1) is 10.3. The molecular weight excluding hydrogens is 302 g/mol. The molecule has 1 aliphatic rings. The summed E-state index contributed by atoms with van der Waals surface area (Å²) in [5.74, 6) is 0.229. The Bertz CT molecular complexity index is 511. The minimum atomic E-state index is -0.497. The Hall–Kier alpha value is -1.63. The van der Waals surface area contributed by atoms with Gasteiger partial charge in [-0.3, -0.25) is 4.79 Å². The smallest absolute Gasteiger partial charge is 0.407 e. The summed E-state index contributed by atoms with van der Waals surface area (Å²) in [6, 6.07) is 0. The lowest BCUT2D eigenvalue weighted by atomic mass is 9.98. The minimum Gasteiger partial charge on any atom is -0.444 e. The average molecular weight is 325 g/mol. The summed E-state index contributed by atoms with van der Waals surface area (Å²) < 4.78 is 5.22. The second kappa shape index (κ2) is 7.09. The molecule has 2 heterocycles. The summed E-state index contributed by atoms with van der Waals surface area (Å²) in [6.45, 7) is 7.42. The fourth-order valence-electron chi connectivity index (χ4n) is 2.44. The van der Waals surface area contributed by atoms with Crippen LogP contribution in [0.2, 0.25) is 0 Å². The van der Waals surface area contributed by atoms with Gasteiger partial charge in [0.15, 0.2) is 0 Å². The molecule has 0 bridgehead atoms. The van der Waals surface area contributed by atoms with Gasteiger partial charge in [-0.25, -0.2) is 9.78 Å². The molecule has 1 fully saturated rings. The van der Waals surface area contributed by atoms with Gasteiger partial charge in [-0.15, -0.1) is 11.3 Å². The van der Waals surface area contributed by atoms with Crippen LogP contribution in [-0.2, 0) is 4.74 Å². The third-order valence-electron chi connectivity index (χ3n) is 3.39. The SMILES string of the molecule is CC(C)(C)OC(=O)NCC1CCCN(C(=O)c2cscn2)C1. The van der Waals surface area contributed by atoms with E-state index >= 15 is 0 Å². The molecule has 0 aromatic carbocycles. The van der Waals surface area contributed by atoms with E-state index in [-0.39, 0.29) is 11.8 Å². The van der Waals surface area contributed by atoms with Gasteiger partial charge in [0.25, 0.3) is 5.91 Å². The van der Waals surface area contributed by atoms with Crippen LogP contribution in [0.4, 0.5) is 4.79 Å². The van der Waals surface area contributed by atoms with Crippen LogP contribution in [-0.4, -0.2) is 47.1 Å². The highest BCUT2D eigenvalue weighted by molar-refractivity contribution is 7.07. The lowest BCUT2D eigenvalue weighted by Crippen LogP contribution is -2.44. The molecule has 2 rings (SSSR count). The number of amides is 2. The average Bonchev–Trinajstić information content (AvgIpc) is 2.97. The number of aromatic nitrogens is 1. The van der Waals surface area contributed by atoms with Crippen molar-refractivity contribution in [3.05, 3.63) is 16.6 Å². The van der Waals surface area contributed by atoms with E-state index in [2.05, 4.69) is 10.3 Å². The van der Waals surface area contributed by atoms with Gasteiger partial charge in [-0.1, -0.05) is 0 Å². The van der Waals surface area contributed by atoms with Crippen LogP contribution >= 0.6 is 11.3 Å². The van der Waals surface area contributed by atoms with Crippen molar-refractivity contribution in [2.24, 2.45) is 5.92 Å². The van der Waals surface area contributed by atoms with Crippen LogP contribution in [0.5, 0.6) is 0 Å². The Morgan fingerprint density at radius 1 is 1.50 bits per heavy atom. The van der Waals surface area contributed by atoms with Crippen molar-refractivity contribution in [3.63, 3.8) is 0 Å². The molecule has 1 saturated heterocycles. The highest BCUT2D eigenvalue weighted by Crippen LogP contribution is 2.18. The van der Waals surface area contributed by atoms with Crippen LogP contribution in [0.3, 0.4) is 0 Å². The van der Waals surface area contributed by atoms with Gasteiger partial charge in [0.2, 0.25) is 0 Å². The molecule has 22 heavy (non-hydrogen) atoms. The van der Waals surface area contributed by atoms with Crippen LogP contribution < -0.4 is 5.32 Å². The van der Waals surface area contributed by atoms with Crippen molar-refractivity contribution < 1.29 is 14.3 Å². The first-order valence-corrected chi connectivity index (χ1v) is 8.44. The fraction of sp³-hybridized carbons (Fsp3) is 0.667. The summed E-state index contributed by atoms with van der Waals surface area (Å²) in [5.41, 5.74) is 1.67. The van der Waals surface area contributed by atoms with E-state index in [4.69, 9.17) is 4.74 Å². The van der Waals surface area contributed by atoms with Gasteiger partial charge in [-0.2, -0.15) is 0 Å². The number of thiazole rings is 1. The maximum absolute atomic E-state index is 12.3. The summed E-state index contributed by atoms with van der Waals surface area (Å²) in [4.78, 5) is 29.9. The van der Waals surface area contributed by atoms with E-state index in [1.165, 1.54) is 11.3 Å². The van der Waals surface area contributed by atoms with Crippen LogP contribution in [0.25, 0.3) is 0 Å². The largest absolute Gasteiger partial charge is 0.444 e. The number of carbonyl (C=O) groups is 2. The molecule has 0 saturated carbocycles. The molecule has 1 N–H and O–H groups in total. The molecule has 1 atom stereocenters. The number of ether oxygens (including phenoxy) is 1. The first-order valence-electron chi connectivity index (χ1n) is 7.49. The highest BCUT2D eigenvalue weighted by Gasteiger charge is 2.26. The zero-order chi connectivity index (χ0) is 16.2. The van der Waals surface area contributed by atoms with Crippen molar-refractivity contribution in [3.8, 4) is 0 Å².